The molecule has 1 aliphatic heterocycles. The molecule has 21 heavy (non-hydrogen) atoms. The number of nitrogen functional groups attached to an aromatic ring is 1. The first-order chi connectivity index (χ1) is 10.1. The zero-order valence-electron chi connectivity index (χ0n) is 11.4. The van der Waals surface area contributed by atoms with Gasteiger partial charge in [0.05, 0.1) is 12.1 Å². The molecule has 0 aliphatic carbocycles. The third-order valence-corrected chi connectivity index (χ3v) is 3.72. The lowest BCUT2D eigenvalue weighted by Gasteiger charge is -2.20. The average Bonchev–Trinajstić information content (AvgIpc) is 2.68. The Labute approximate surface area is 128 Å². The van der Waals surface area contributed by atoms with Crippen molar-refractivity contribution in [2.75, 3.05) is 18.9 Å². The Kier molecular flexibility index (Phi) is 3.71. The standard InChI is InChI=1S/C16H15ClN2O2/c17-12-5-6-13(14(18)9-12)16(20)19-7-8-21-15-4-2-1-3-11(15)10-19/h1-6,9H,7-8,10,18H2. The van der Waals surface area contributed by atoms with Crippen molar-refractivity contribution in [3.8, 4) is 5.75 Å². The molecule has 0 spiro atoms. The summed E-state index contributed by atoms with van der Waals surface area (Å²) >= 11 is 5.88. The van der Waals surface area contributed by atoms with E-state index in [1.807, 2.05) is 24.3 Å². The second-order valence-electron chi connectivity index (χ2n) is 4.91. The van der Waals surface area contributed by atoms with Gasteiger partial charge in [0.2, 0.25) is 0 Å². The first-order valence-electron chi connectivity index (χ1n) is 6.70. The van der Waals surface area contributed by atoms with E-state index in [0.717, 1.165) is 11.3 Å². The number of amides is 1. The highest BCUT2D eigenvalue weighted by Crippen LogP contribution is 2.25. The van der Waals surface area contributed by atoms with Gasteiger partial charge in [-0.05, 0) is 24.3 Å². The van der Waals surface area contributed by atoms with Crippen LogP contribution in [0.5, 0.6) is 5.75 Å². The van der Waals surface area contributed by atoms with E-state index in [9.17, 15) is 4.79 Å². The number of nitrogens with zero attached hydrogens (tertiary/aromatic N) is 1. The number of carbonyl (C=O) groups excluding carboxylic acids is 1. The number of hydrogen-bond acceptors (Lipinski definition) is 3. The lowest BCUT2D eigenvalue weighted by atomic mass is 10.1. The molecule has 0 fully saturated rings. The average molecular weight is 303 g/mol. The molecule has 3 rings (SSSR count). The first kappa shape index (κ1) is 13.8. The normalized spacial score (nSPS) is 14.0. The Bertz CT molecular complexity index is 688. The molecule has 0 radical (unpaired) electrons. The number of anilines is 1. The Morgan fingerprint density at radius 3 is 2.86 bits per heavy atom. The monoisotopic (exact) mass is 302 g/mol. The highest BCUT2D eigenvalue weighted by atomic mass is 35.5. The van der Waals surface area contributed by atoms with Crippen molar-refractivity contribution in [3.05, 3.63) is 58.6 Å². The number of para-hydroxylation sites is 1. The molecule has 2 aromatic rings. The Hall–Kier alpha value is -2.20. The summed E-state index contributed by atoms with van der Waals surface area (Å²) in [6.45, 7) is 1.50. The van der Waals surface area contributed by atoms with E-state index in [4.69, 9.17) is 22.1 Å². The summed E-state index contributed by atoms with van der Waals surface area (Å²) in [6.07, 6.45) is 0. The summed E-state index contributed by atoms with van der Waals surface area (Å²) in [6, 6.07) is 12.7. The van der Waals surface area contributed by atoms with Crippen molar-refractivity contribution in [1.29, 1.82) is 0 Å². The predicted octanol–water partition coefficient (Wildman–Crippen LogP) is 2.96. The van der Waals surface area contributed by atoms with Gasteiger partial charge in [0.15, 0.2) is 0 Å². The molecule has 0 bridgehead atoms. The SMILES string of the molecule is Nc1cc(Cl)ccc1C(=O)N1CCOc2ccccc2C1. The lowest BCUT2D eigenvalue weighted by Crippen LogP contribution is -2.32. The maximum atomic E-state index is 12.6. The quantitative estimate of drug-likeness (QED) is 0.824. The number of ether oxygens (including phenoxy) is 1. The molecule has 4 nitrogen and oxygen atoms in total. The Balaban J connectivity index is 1.88. The zero-order valence-corrected chi connectivity index (χ0v) is 12.1. The number of benzene rings is 2. The fourth-order valence-electron chi connectivity index (χ4n) is 2.40. The fraction of sp³-hybridized carbons (Fsp3) is 0.188. The van der Waals surface area contributed by atoms with E-state index >= 15 is 0 Å². The fourth-order valence-corrected chi connectivity index (χ4v) is 2.58. The van der Waals surface area contributed by atoms with Crippen LogP contribution in [0.25, 0.3) is 0 Å². The molecule has 2 aromatic carbocycles. The number of nitrogens with two attached hydrogens (primary N) is 1. The van der Waals surface area contributed by atoms with Crippen molar-refractivity contribution in [1.82, 2.24) is 4.90 Å². The summed E-state index contributed by atoms with van der Waals surface area (Å²) in [7, 11) is 0. The minimum atomic E-state index is -0.107. The molecule has 0 unspecified atom stereocenters. The van der Waals surface area contributed by atoms with Crippen molar-refractivity contribution < 1.29 is 9.53 Å². The van der Waals surface area contributed by atoms with Crippen LogP contribution in [-0.2, 0) is 6.54 Å². The number of hydrogen-bond donors (Lipinski definition) is 1. The highest BCUT2D eigenvalue weighted by molar-refractivity contribution is 6.31. The molecule has 108 valence electrons. The van der Waals surface area contributed by atoms with Crippen LogP contribution in [-0.4, -0.2) is 24.0 Å². The van der Waals surface area contributed by atoms with Crippen molar-refractivity contribution in [2.24, 2.45) is 0 Å². The molecule has 0 aromatic heterocycles. The summed E-state index contributed by atoms with van der Waals surface area (Å²) in [5, 5.41) is 0.522. The molecule has 1 heterocycles. The van der Waals surface area contributed by atoms with Crippen molar-refractivity contribution >= 4 is 23.2 Å². The molecular weight excluding hydrogens is 288 g/mol. The predicted molar refractivity (Wildman–Crippen MR) is 82.5 cm³/mol. The van der Waals surface area contributed by atoms with Gasteiger partial charge in [-0.2, -0.15) is 0 Å². The molecule has 5 heteroatoms. The molecule has 0 atom stereocenters. The van der Waals surface area contributed by atoms with Crippen LogP contribution < -0.4 is 10.5 Å². The summed E-state index contributed by atoms with van der Waals surface area (Å²) in [5.74, 6) is 0.723. The van der Waals surface area contributed by atoms with Gasteiger partial charge in [-0.25, -0.2) is 0 Å². The van der Waals surface area contributed by atoms with E-state index in [1.54, 1.807) is 23.1 Å². The van der Waals surface area contributed by atoms with Gasteiger partial charge in [0.25, 0.3) is 5.91 Å². The smallest absolute Gasteiger partial charge is 0.256 e. The maximum absolute atomic E-state index is 12.6. The number of fused-ring (bicyclic) bond motifs is 1. The van der Waals surface area contributed by atoms with Crippen LogP contribution in [0.3, 0.4) is 0 Å². The zero-order chi connectivity index (χ0) is 14.8. The molecule has 1 amide bonds. The van der Waals surface area contributed by atoms with Crippen LogP contribution in [0.1, 0.15) is 15.9 Å². The van der Waals surface area contributed by atoms with E-state index < -0.39 is 0 Å². The van der Waals surface area contributed by atoms with Gasteiger partial charge >= 0.3 is 0 Å². The highest BCUT2D eigenvalue weighted by Gasteiger charge is 2.22. The van der Waals surface area contributed by atoms with Gasteiger partial charge < -0.3 is 15.4 Å². The summed E-state index contributed by atoms with van der Waals surface area (Å²) in [5.41, 5.74) is 7.76. The molecular formula is C16H15ClN2O2. The van der Waals surface area contributed by atoms with E-state index in [1.165, 1.54) is 0 Å². The van der Waals surface area contributed by atoms with E-state index in [-0.39, 0.29) is 5.91 Å². The van der Waals surface area contributed by atoms with Gasteiger partial charge in [0.1, 0.15) is 12.4 Å². The van der Waals surface area contributed by atoms with Crippen molar-refractivity contribution in [2.45, 2.75) is 6.54 Å². The van der Waals surface area contributed by atoms with Crippen LogP contribution in [0.2, 0.25) is 5.02 Å². The molecule has 0 saturated heterocycles. The Morgan fingerprint density at radius 1 is 1.24 bits per heavy atom. The van der Waals surface area contributed by atoms with Crippen LogP contribution in [0.15, 0.2) is 42.5 Å². The third-order valence-electron chi connectivity index (χ3n) is 3.48. The third kappa shape index (κ3) is 2.81. The number of halogens is 1. The minimum absolute atomic E-state index is 0.107. The van der Waals surface area contributed by atoms with E-state index in [0.29, 0.717) is 36.0 Å². The topological polar surface area (TPSA) is 55.6 Å². The number of rotatable bonds is 1. The van der Waals surface area contributed by atoms with Crippen LogP contribution >= 0.6 is 11.6 Å². The Morgan fingerprint density at radius 2 is 2.05 bits per heavy atom. The first-order valence-corrected chi connectivity index (χ1v) is 7.08. The second-order valence-corrected chi connectivity index (χ2v) is 5.35. The molecule has 0 saturated carbocycles. The number of carbonyl (C=O) groups is 1. The molecule has 1 aliphatic rings. The van der Waals surface area contributed by atoms with Gasteiger partial charge in [-0.1, -0.05) is 29.8 Å². The van der Waals surface area contributed by atoms with Gasteiger partial charge in [-0.15, -0.1) is 0 Å². The summed E-state index contributed by atoms with van der Waals surface area (Å²) < 4.78 is 5.67. The summed E-state index contributed by atoms with van der Waals surface area (Å²) in [4.78, 5) is 14.4. The second kappa shape index (κ2) is 5.66. The van der Waals surface area contributed by atoms with E-state index in [2.05, 4.69) is 0 Å². The largest absolute Gasteiger partial charge is 0.491 e. The van der Waals surface area contributed by atoms with Crippen LogP contribution in [0, 0.1) is 0 Å². The van der Waals surface area contributed by atoms with Gasteiger partial charge in [0, 0.05) is 22.8 Å². The minimum Gasteiger partial charge on any atom is -0.491 e. The van der Waals surface area contributed by atoms with Gasteiger partial charge in [-0.3, -0.25) is 4.79 Å². The molecule has 2 N–H and O–H groups in total. The van der Waals surface area contributed by atoms with Crippen molar-refractivity contribution in [3.63, 3.8) is 0 Å². The van der Waals surface area contributed by atoms with Crippen LogP contribution in [0.4, 0.5) is 5.69 Å². The maximum Gasteiger partial charge on any atom is 0.256 e. The lowest BCUT2D eigenvalue weighted by molar-refractivity contribution is 0.0734.